The van der Waals surface area contributed by atoms with Crippen LogP contribution in [0, 0.1) is 0 Å². The lowest BCUT2D eigenvalue weighted by Crippen LogP contribution is -2.31. The van der Waals surface area contributed by atoms with Crippen LogP contribution in [0.3, 0.4) is 0 Å². The second-order valence-electron chi connectivity index (χ2n) is 5.02. The average Bonchev–Trinajstić information content (AvgIpc) is 2.30. The van der Waals surface area contributed by atoms with Gasteiger partial charge in [0.15, 0.2) is 8.32 Å². The van der Waals surface area contributed by atoms with Gasteiger partial charge >= 0.3 is 5.97 Å². The summed E-state index contributed by atoms with van der Waals surface area (Å²) < 4.78 is 5.42. The Kier molecular flexibility index (Phi) is 8.65. The van der Waals surface area contributed by atoms with E-state index >= 15 is 0 Å². The maximum Gasteiger partial charge on any atom is 0.303 e. The minimum atomic E-state index is -1.51. The largest absolute Gasteiger partial charge is 0.481 e. The summed E-state index contributed by atoms with van der Waals surface area (Å²) in [4.78, 5) is 21.7. The van der Waals surface area contributed by atoms with Crippen LogP contribution in [0.4, 0.5) is 0 Å². The molecule has 0 rings (SSSR count). The Hall–Kier alpha value is -0.883. The number of carbonyl (C=O) groups is 2. The van der Waals surface area contributed by atoms with Crippen molar-refractivity contribution in [3.8, 4) is 0 Å². The Morgan fingerprint density at radius 3 is 2.33 bits per heavy atom. The van der Waals surface area contributed by atoms with E-state index in [2.05, 4.69) is 18.4 Å². The number of rotatable bonds is 10. The molecule has 106 valence electrons. The number of nitrogens with one attached hydrogen (secondary N) is 1. The highest BCUT2D eigenvalue weighted by Gasteiger charge is 2.19. The highest BCUT2D eigenvalue weighted by atomic mass is 28.4. The molecule has 0 saturated heterocycles. The average molecular weight is 275 g/mol. The summed E-state index contributed by atoms with van der Waals surface area (Å²) in [5.74, 6) is -0.792. The lowest BCUT2D eigenvalue weighted by molar-refractivity contribution is -0.137. The summed E-state index contributed by atoms with van der Waals surface area (Å²) in [6.07, 6.45) is 2.69. The number of carbonyl (C=O) groups excluding carboxylic acids is 1. The molecule has 0 spiro atoms. The first kappa shape index (κ1) is 17.1. The zero-order valence-electron chi connectivity index (χ0n) is 11.6. The second-order valence-corrected chi connectivity index (χ2v) is 9.45. The summed E-state index contributed by atoms with van der Waals surface area (Å²) in [6, 6.07) is 1.03. The normalized spacial score (nSPS) is 11.3. The van der Waals surface area contributed by atoms with Crippen LogP contribution in [-0.2, 0) is 14.0 Å². The number of hydrogen-bond acceptors (Lipinski definition) is 3. The van der Waals surface area contributed by atoms with Gasteiger partial charge in [-0.25, -0.2) is 0 Å². The molecular weight excluding hydrogens is 250 g/mol. The first-order chi connectivity index (χ1) is 8.37. The van der Waals surface area contributed by atoms with E-state index in [1.54, 1.807) is 7.11 Å². The predicted octanol–water partition coefficient (Wildman–Crippen LogP) is 1.99. The van der Waals surface area contributed by atoms with Crippen LogP contribution in [0.25, 0.3) is 0 Å². The quantitative estimate of drug-likeness (QED) is 0.472. The van der Waals surface area contributed by atoms with Crippen LogP contribution in [0.1, 0.15) is 32.1 Å². The van der Waals surface area contributed by atoms with Crippen LogP contribution in [0.5, 0.6) is 0 Å². The summed E-state index contributed by atoms with van der Waals surface area (Å²) in [7, 11) is 0.234. The van der Waals surface area contributed by atoms with Gasteiger partial charge < -0.3 is 14.8 Å². The Morgan fingerprint density at radius 1 is 1.17 bits per heavy atom. The van der Waals surface area contributed by atoms with Crippen LogP contribution in [0.2, 0.25) is 19.1 Å². The Bertz CT molecular complexity index is 269. The highest BCUT2D eigenvalue weighted by molar-refractivity contribution is 6.71. The van der Waals surface area contributed by atoms with Crippen molar-refractivity contribution in [2.45, 2.75) is 51.2 Å². The third-order valence-electron chi connectivity index (χ3n) is 2.87. The molecule has 0 heterocycles. The topological polar surface area (TPSA) is 75.6 Å². The molecule has 0 radical (unpaired) electrons. The number of amides is 1. The fraction of sp³-hybridized carbons (Fsp3) is 0.833. The maximum atomic E-state index is 11.4. The lowest BCUT2D eigenvalue weighted by Gasteiger charge is -2.19. The third kappa shape index (κ3) is 10.3. The van der Waals surface area contributed by atoms with Crippen molar-refractivity contribution in [2.75, 3.05) is 13.7 Å². The number of hydrogen-bond donors (Lipinski definition) is 2. The van der Waals surface area contributed by atoms with Gasteiger partial charge in [-0.3, -0.25) is 9.59 Å². The molecule has 0 atom stereocenters. The van der Waals surface area contributed by atoms with Gasteiger partial charge in [0.05, 0.1) is 0 Å². The van der Waals surface area contributed by atoms with E-state index < -0.39 is 14.3 Å². The molecule has 5 nitrogen and oxygen atoms in total. The Labute approximate surface area is 110 Å². The van der Waals surface area contributed by atoms with Crippen LogP contribution in [-0.4, -0.2) is 39.0 Å². The molecule has 0 aromatic carbocycles. The van der Waals surface area contributed by atoms with E-state index in [4.69, 9.17) is 9.53 Å². The van der Waals surface area contributed by atoms with Crippen molar-refractivity contribution in [2.24, 2.45) is 0 Å². The van der Waals surface area contributed by atoms with Gasteiger partial charge in [-0.15, -0.1) is 0 Å². The third-order valence-corrected chi connectivity index (χ3v) is 5.54. The standard InChI is InChI=1S/C12H25NO4Si/c1-17-18(2,3)10-6-9-13-11(14)7-4-5-8-12(15)16/h4-10H2,1-3H3,(H,13,14)(H,15,16). The zero-order chi connectivity index (χ0) is 14.0. The fourth-order valence-electron chi connectivity index (χ4n) is 1.49. The van der Waals surface area contributed by atoms with Gasteiger partial charge in [0.2, 0.25) is 5.91 Å². The molecule has 1 amide bonds. The van der Waals surface area contributed by atoms with Crippen LogP contribution < -0.4 is 5.32 Å². The van der Waals surface area contributed by atoms with E-state index in [1.807, 2.05) is 0 Å². The summed E-state index contributed by atoms with van der Waals surface area (Å²) >= 11 is 0. The van der Waals surface area contributed by atoms with Gasteiger partial charge in [0.1, 0.15) is 0 Å². The fourth-order valence-corrected chi connectivity index (χ4v) is 2.73. The van der Waals surface area contributed by atoms with Crippen molar-refractivity contribution < 1.29 is 19.1 Å². The lowest BCUT2D eigenvalue weighted by atomic mass is 10.2. The molecule has 6 heteroatoms. The summed E-state index contributed by atoms with van der Waals surface area (Å²) in [5, 5.41) is 11.3. The number of unbranched alkanes of at least 4 members (excludes halogenated alkanes) is 1. The summed E-state index contributed by atoms with van der Waals surface area (Å²) in [5.41, 5.74) is 0. The molecule has 0 saturated carbocycles. The molecule has 0 aliphatic carbocycles. The predicted molar refractivity (Wildman–Crippen MR) is 73.0 cm³/mol. The molecule has 0 aliphatic heterocycles. The Balaban J connectivity index is 3.45. The number of carboxylic acids is 1. The summed E-state index contributed by atoms with van der Waals surface area (Å²) in [6.45, 7) is 4.99. The molecule has 0 aromatic rings. The van der Waals surface area contributed by atoms with Crippen LogP contribution >= 0.6 is 0 Å². The first-order valence-electron chi connectivity index (χ1n) is 6.41. The molecule has 0 bridgehead atoms. The molecule has 18 heavy (non-hydrogen) atoms. The highest BCUT2D eigenvalue weighted by Crippen LogP contribution is 2.11. The van der Waals surface area contributed by atoms with Gasteiger partial charge in [-0.1, -0.05) is 0 Å². The first-order valence-corrected chi connectivity index (χ1v) is 9.52. The molecule has 0 aliphatic rings. The second kappa shape index (κ2) is 9.10. The maximum absolute atomic E-state index is 11.4. The smallest absolute Gasteiger partial charge is 0.303 e. The molecule has 0 unspecified atom stereocenters. The van der Waals surface area contributed by atoms with E-state index in [1.165, 1.54) is 0 Å². The van der Waals surface area contributed by atoms with E-state index in [-0.39, 0.29) is 12.3 Å². The van der Waals surface area contributed by atoms with Crippen molar-refractivity contribution in [1.29, 1.82) is 0 Å². The van der Waals surface area contributed by atoms with Crippen LogP contribution in [0.15, 0.2) is 0 Å². The van der Waals surface area contributed by atoms with E-state index in [0.29, 0.717) is 25.8 Å². The van der Waals surface area contributed by atoms with Gasteiger partial charge in [-0.2, -0.15) is 0 Å². The van der Waals surface area contributed by atoms with Gasteiger partial charge in [-0.05, 0) is 38.4 Å². The molecular formula is C12H25NO4Si. The SMILES string of the molecule is CO[Si](C)(C)CCCNC(=O)CCCCC(=O)O. The van der Waals surface area contributed by atoms with Crippen molar-refractivity contribution in [3.63, 3.8) is 0 Å². The van der Waals surface area contributed by atoms with E-state index in [0.717, 1.165) is 12.5 Å². The molecule has 0 fully saturated rings. The van der Waals surface area contributed by atoms with Gasteiger partial charge in [0.25, 0.3) is 0 Å². The molecule has 2 N–H and O–H groups in total. The van der Waals surface area contributed by atoms with Crippen molar-refractivity contribution >= 4 is 20.2 Å². The van der Waals surface area contributed by atoms with Crippen molar-refractivity contribution in [1.82, 2.24) is 5.32 Å². The minimum absolute atomic E-state index is 0.0114. The zero-order valence-corrected chi connectivity index (χ0v) is 12.6. The monoisotopic (exact) mass is 275 g/mol. The van der Waals surface area contributed by atoms with Crippen molar-refractivity contribution in [3.05, 3.63) is 0 Å². The molecule has 0 aromatic heterocycles. The Morgan fingerprint density at radius 2 is 1.78 bits per heavy atom. The number of carboxylic acid groups (broad SMARTS) is 1. The van der Waals surface area contributed by atoms with Gasteiger partial charge in [0, 0.05) is 26.5 Å². The minimum Gasteiger partial charge on any atom is -0.481 e. The number of aliphatic carboxylic acids is 1. The van der Waals surface area contributed by atoms with E-state index in [9.17, 15) is 9.59 Å².